The fourth-order valence-corrected chi connectivity index (χ4v) is 3.87. The number of aryl methyl sites for hydroxylation is 6. The van der Waals surface area contributed by atoms with Gasteiger partial charge in [0.1, 0.15) is 0 Å². The molecule has 0 fully saturated rings. The van der Waals surface area contributed by atoms with E-state index in [1.54, 1.807) is 6.20 Å². The second kappa shape index (κ2) is 8.70. The normalized spacial score (nSPS) is 12.4. The molecule has 154 valence electrons. The molecule has 3 rings (SSSR count). The maximum atomic E-state index is 4.88. The first kappa shape index (κ1) is 21.6. The van der Waals surface area contributed by atoms with Crippen molar-refractivity contribution < 1.29 is 0 Å². The van der Waals surface area contributed by atoms with Crippen molar-refractivity contribution in [3.8, 4) is 0 Å². The Labute approximate surface area is 179 Å². The van der Waals surface area contributed by atoms with Crippen LogP contribution in [0.5, 0.6) is 0 Å². The standard InChI is InChI=1S/C26H30N4/c1-15-11-17(3)24(18(4)12-15)28-21(7)23-9-10-27-26(30-23)22(8)29-25-19(5)13-16(2)14-20(25)6/h9-14H,1-8H3. The quantitative estimate of drug-likeness (QED) is 0.464. The number of hydrogen-bond donors (Lipinski definition) is 0. The lowest BCUT2D eigenvalue weighted by Crippen LogP contribution is -2.08. The van der Waals surface area contributed by atoms with Crippen LogP contribution in [0.3, 0.4) is 0 Å². The fraction of sp³-hybridized carbons (Fsp3) is 0.308. The van der Waals surface area contributed by atoms with Crippen molar-refractivity contribution in [3.05, 3.63) is 81.4 Å². The highest BCUT2D eigenvalue weighted by atomic mass is 14.9. The van der Waals surface area contributed by atoms with Crippen molar-refractivity contribution in [1.29, 1.82) is 0 Å². The minimum absolute atomic E-state index is 0.624. The molecule has 30 heavy (non-hydrogen) atoms. The Bertz CT molecular complexity index is 1030. The lowest BCUT2D eigenvalue weighted by atomic mass is 10.1. The predicted octanol–water partition coefficient (Wildman–Crippen LogP) is 6.61. The molecular formula is C26H30N4. The van der Waals surface area contributed by atoms with E-state index in [9.17, 15) is 0 Å². The number of aromatic nitrogens is 2. The van der Waals surface area contributed by atoms with Gasteiger partial charge in [-0.15, -0.1) is 0 Å². The molecule has 2 aromatic carbocycles. The Morgan fingerprint density at radius 2 is 1.10 bits per heavy atom. The first-order valence-electron chi connectivity index (χ1n) is 10.3. The van der Waals surface area contributed by atoms with Crippen LogP contribution in [0, 0.1) is 41.5 Å². The molecule has 0 saturated carbocycles. The third kappa shape index (κ3) is 4.70. The van der Waals surface area contributed by atoms with Crippen molar-refractivity contribution in [2.75, 3.05) is 0 Å². The van der Waals surface area contributed by atoms with Crippen LogP contribution < -0.4 is 0 Å². The topological polar surface area (TPSA) is 50.5 Å². The van der Waals surface area contributed by atoms with E-state index in [0.29, 0.717) is 5.82 Å². The average molecular weight is 399 g/mol. The Kier molecular flexibility index (Phi) is 6.25. The molecule has 3 aromatic rings. The van der Waals surface area contributed by atoms with Gasteiger partial charge < -0.3 is 0 Å². The van der Waals surface area contributed by atoms with Crippen LogP contribution in [0.4, 0.5) is 11.4 Å². The Balaban J connectivity index is 1.99. The summed E-state index contributed by atoms with van der Waals surface area (Å²) >= 11 is 0. The first-order valence-corrected chi connectivity index (χ1v) is 10.3. The van der Waals surface area contributed by atoms with Gasteiger partial charge in [-0.1, -0.05) is 35.4 Å². The van der Waals surface area contributed by atoms with Gasteiger partial charge in [0.15, 0.2) is 5.82 Å². The van der Waals surface area contributed by atoms with Crippen molar-refractivity contribution in [2.45, 2.75) is 55.4 Å². The molecule has 1 aromatic heterocycles. The number of hydrogen-bond acceptors (Lipinski definition) is 4. The molecule has 0 amide bonds. The summed E-state index contributed by atoms with van der Waals surface area (Å²) in [4.78, 5) is 18.9. The van der Waals surface area contributed by atoms with Gasteiger partial charge in [-0.3, -0.25) is 4.99 Å². The second-order valence-corrected chi connectivity index (χ2v) is 8.15. The van der Waals surface area contributed by atoms with E-state index in [-0.39, 0.29) is 0 Å². The van der Waals surface area contributed by atoms with Gasteiger partial charge in [0.2, 0.25) is 0 Å². The molecule has 1 heterocycles. The maximum absolute atomic E-state index is 4.88. The third-order valence-electron chi connectivity index (χ3n) is 5.18. The molecule has 0 radical (unpaired) electrons. The highest BCUT2D eigenvalue weighted by molar-refractivity contribution is 6.01. The summed E-state index contributed by atoms with van der Waals surface area (Å²) in [5.41, 5.74) is 11.6. The van der Waals surface area contributed by atoms with E-state index < -0.39 is 0 Å². The smallest absolute Gasteiger partial charge is 0.174 e. The molecule has 0 aliphatic carbocycles. The van der Waals surface area contributed by atoms with Gasteiger partial charge in [0, 0.05) is 6.20 Å². The van der Waals surface area contributed by atoms with Gasteiger partial charge in [0.05, 0.1) is 28.5 Å². The van der Waals surface area contributed by atoms with Crippen LogP contribution in [-0.4, -0.2) is 21.4 Å². The van der Waals surface area contributed by atoms with Gasteiger partial charge in [0.25, 0.3) is 0 Å². The minimum atomic E-state index is 0.624. The molecule has 4 heteroatoms. The van der Waals surface area contributed by atoms with Crippen molar-refractivity contribution in [3.63, 3.8) is 0 Å². The van der Waals surface area contributed by atoms with Crippen LogP contribution in [0.1, 0.15) is 58.7 Å². The summed E-state index contributed by atoms with van der Waals surface area (Å²) in [6.45, 7) is 16.5. The molecule has 0 aliphatic rings. The molecule has 0 aliphatic heterocycles. The number of nitrogens with zero attached hydrogens (tertiary/aromatic N) is 4. The predicted molar refractivity (Wildman–Crippen MR) is 127 cm³/mol. The lowest BCUT2D eigenvalue weighted by molar-refractivity contribution is 1.10. The van der Waals surface area contributed by atoms with Gasteiger partial charge in [-0.25, -0.2) is 15.0 Å². The lowest BCUT2D eigenvalue weighted by Gasteiger charge is -2.10. The Morgan fingerprint density at radius 3 is 1.57 bits per heavy atom. The zero-order chi connectivity index (χ0) is 22.0. The molecule has 0 saturated heterocycles. The van der Waals surface area contributed by atoms with Crippen LogP contribution >= 0.6 is 0 Å². The average Bonchev–Trinajstić information content (AvgIpc) is 2.67. The molecule has 0 bridgehead atoms. The van der Waals surface area contributed by atoms with Crippen LogP contribution in [0.2, 0.25) is 0 Å². The molecule has 0 spiro atoms. The van der Waals surface area contributed by atoms with Crippen LogP contribution in [-0.2, 0) is 0 Å². The SMILES string of the molecule is CC(=Nc1c(C)cc(C)cc1C)c1ccnc(C(C)=Nc2c(C)cc(C)cc2C)n1. The van der Waals surface area contributed by atoms with E-state index in [1.807, 2.05) is 19.9 Å². The monoisotopic (exact) mass is 398 g/mol. The summed E-state index contributed by atoms with van der Waals surface area (Å²) < 4.78 is 0. The molecule has 4 nitrogen and oxygen atoms in total. The zero-order valence-electron chi connectivity index (χ0n) is 19.3. The van der Waals surface area contributed by atoms with Crippen molar-refractivity contribution in [1.82, 2.24) is 9.97 Å². The van der Waals surface area contributed by atoms with E-state index in [1.165, 1.54) is 22.3 Å². The van der Waals surface area contributed by atoms with E-state index >= 15 is 0 Å². The third-order valence-corrected chi connectivity index (χ3v) is 5.18. The van der Waals surface area contributed by atoms with Gasteiger partial charge >= 0.3 is 0 Å². The highest BCUT2D eigenvalue weighted by Gasteiger charge is 2.10. The van der Waals surface area contributed by atoms with Gasteiger partial charge in [-0.05, 0) is 83.7 Å². The fourth-order valence-electron chi connectivity index (χ4n) is 3.87. The van der Waals surface area contributed by atoms with E-state index in [4.69, 9.17) is 15.0 Å². The first-order chi connectivity index (χ1) is 14.2. The number of rotatable bonds is 4. The molecule has 0 unspecified atom stereocenters. The molecular weight excluding hydrogens is 368 g/mol. The van der Waals surface area contributed by atoms with E-state index in [2.05, 4.69) is 70.8 Å². The van der Waals surface area contributed by atoms with Crippen LogP contribution in [0.25, 0.3) is 0 Å². The molecule has 0 atom stereocenters. The summed E-state index contributed by atoms with van der Waals surface area (Å²) in [5.74, 6) is 0.624. The second-order valence-electron chi connectivity index (χ2n) is 8.15. The summed E-state index contributed by atoms with van der Waals surface area (Å²) in [6, 6.07) is 10.5. The minimum Gasteiger partial charge on any atom is -0.251 e. The van der Waals surface area contributed by atoms with E-state index in [0.717, 1.165) is 39.6 Å². The summed E-state index contributed by atoms with van der Waals surface area (Å²) in [7, 11) is 0. The number of benzene rings is 2. The summed E-state index contributed by atoms with van der Waals surface area (Å²) in [5, 5.41) is 0. The number of aliphatic imine (C=N–C) groups is 2. The van der Waals surface area contributed by atoms with Crippen molar-refractivity contribution in [2.24, 2.45) is 9.98 Å². The largest absolute Gasteiger partial charge is 0.251 e. The Hall–Kier alpha value is -3.14. The Morgan fingerprint density at radius 1 is 0.667 bits per heavy atom. The van der Waals surface area contributed by atoms with Gasteiger partial charge in [-0.2, -0.15) is 0 Å². The van der Waals surface area contributed by atoms with Crippen LogP contribution in [0.15, 0.2) is 46.5 Å². The highest BCUT2D eigenvalue weighted by Crippen LogP contribution is 2.27. The molecule has 0 N–H and O–H groups in total. The zero-order valence-corrected chi connectivity index (χ0v) is 19.3. The van der Waals surface area contributed by atoms with Crippen molar-refractivity contribution >= 4 is 22.8 Å². The summed E-state index contributed by atoms with van der Waals surface area (Å²) in [6.07, 6.45) is 1.78. The maximum Gasteiger partial charge on any atom is 0.174 e.